The molecule has 1 aromatic rings. The van der Waals surface area contributed by atoms with E-state index in [0.717, 1.165) is 0 Å². The van der Waals surface area contributed by atoms with Crippen molar-refractivity contribution in [2.45, 2.75) is 38.3 Å². The molecule has 120 valence electrons. The highest BCUT2D eigenvalue weighted by atomic mass is 35.5. The average molecular weight is 336 g/mol. The van der Waals surface area contributed by atoms with Gasteiger partial charge in [0.15, 0.2) is 0 Å². The highest BCUT2D eigenvalue weighted by Crippen LogP contribution is 2.25. The molecule has 0 aliphatic rings. The Bertz CT molecular complexity index is 587. The van der Waals surface area contributed by atoms with Crippen LogP contribution in [0.4, 0.5) is 0 Å². The van der Waals surface area contributed by atoms with Gasteiger partial charge in [-0.2, -0.15) is 0 Å². The van der Waals surface area contributed by atoms with Crippen LogP contribution in [0.2, 0.25) is 5.02 Å². The molecule has 1 aromatic carbocycles. The number of halogens is 1. The number of nitrogens with one attached hydrogen (secondary N) is 1. The number of benzene rings is 1. The van der Waals surface area contributed by atoms with Crippen LogP contribution in [0.1, 0.15) is 25.0 Å². The summed E-state index contributed by atoms with van der Waals surface area (Å²) in [6.07, 6.45) is 0. The van der Waals surface area contributed by atoms with Gasteiger partial charge in [0.2, 0.25) is 10.0 Å². The van der Waals surface area contributed by atoms with E-state index in [9.17, 15) is 13.5 Å². The molecule has 2 N–H and O–H groups in total. The van der Waals surface area contributed by atoms with Gasteiger partial charge in [0.05, 0.1) is 18.1 Å². The number of sulfonamides is 1. The minimum atomic E-state index is -3.74. The highest BCUT2D eigenvalue weighted by Gasteiger charge is 2.25. The van der Waals surface area contributed by atoms with Gasteiger partial charge in [-0.25, -0.2) is 13.1 Å². The first-order valence-corrected chi connectivity index (χ1v) is 8.50. The van der Waals surface area contributed by atoms with Crippen LogP contribution < -0.4 is 4.72 Å². The monoisotopic (exact) mass is 335 g/mol. The van der Waals surface area contributed by atoms with Crippen LogP contribution in [0.5, 0.6) is 0 Å². The maximum absolute atomic E-state index is 12.6. The minimum Gasteiger partial charge on any atom is -0.392 e. The number of aliphatic hydroxyl groups excluding tert-OH is 1. The Morgan fingerprint density at radius 2 is 2.00 bits per heavy atom. The lowest BCUT2D eigenvalue weighted by atomic mass is 10.1. The first kappa shape index (κ1) is 18.4. The molecule has 0 amide bonds. The first-order valence-electron chi connectivity index (χ1n) is 6.64. The second kappa shape index (κ2) is 7.56. The lowest BCUT2D eigenvalue weighted by Crippen LogP contribution is -2.41. The fourth-order valence-corrected chi connectivity index (χ4v) is 3.94. The summed E-state index contributed by atoms with van der Waals surface area (Å²) in [5.41, 5.74) is 0.991. The van der Waals surface area contributed by atoms with Gasteiger partial charge in [0.25, 0.3) is 0 Å². The Kier molecular flexibility index (Phi) is 6.62. The van der Waals surface area contributed by atoms with Crippen LogP contribution in [0.25, 0.3) is 0 Å². The van der Waals surface area contributed by atoms with Crippen LogP contribution >= 0.6 is 11.6 Å². The quantitative estimate of drug-likeness (QED) is 0.800. The van der Waals surface area contributed by atoms with E-state index in [-0.39, 0.29) is 35.1 Å². The molecule has 1 unspecified atom stereocenters. The number of rotatable bonds is 7. The van der Waals surface area contributed by atoms with Crippen molar-refractivity contribution < 1.29 is 18.3 Å². The second-order valence-corrected chi connectivity index (χ2v) is 7.39. The summed E-state index contributed by atoms with van der Waals surface area (Å²) >= 11 is 5.94. The molecule has 0 spiro atoms. The normalized spacial score (nSPS) is 13.7. The molecule has 21 heavy (non-hydrogen) atoms. The van der Waals surface area contributed by atoms with E-state index >= 15 is 0 Å². The van der Waals surface area contributed by atoms with Crippen LogP contribution in [-0.4, -0.2) is 33.3 Å². The van der Waals surface area contributed by atoms with E-state index in [1.807, 2.05) is 13.8 Å². The van der Waals surface area contributed by atoms with Gasteiger partial charge in [0, 0.05) is 18.2 Å². The van der Waals surface area contributed by atoms with Crippen LogP contribution in [-0.2, 0) is 21.4 Å². The van der Waals surface area contributed by atoms with Crippen molar-refractivity contribution in [2.24, 2.45) is 5.92 Å². The zero-order chi connectivity index (χ0) is 16.2. The van der Waals surface area contributed by atoms with Crippen molar-refractivity contribution in [1.82, 2.24) is 4.72 Å². The Hall–Kier alpha value is -0.660. The van der Waals surface area contributed by atoms with Crippen LogP contribution in [0.15, 0.2) is 17.0 Å². The van der Waals surface area contributed by atoms with Crippen molar-refractivity contribution in [3.63, 3.8) is 0 Å². The van der Waals surface area contributed by atoms with Gasteiger partial charge < -0.3 is 9.84 Å². The Balaban J connectivity index is 3.21. The van der Waals surface area contributed by atoms with Gasteiger partial charge in [-0.3, -0.25) is 0 Å². The van der Waals surface area contributed by atoms with E-state index in [4.69, 9.17) is 16.3 Å². The maximum Gasteiger partial charge on any atom is 0.241 e. The molecule has 0 radical (unpaired) electrons. The second-order valence-electron chi connectivity index (χ2n) is 5.27. The van der Waals surface area contributed by atoms with E-state index in [2.05, 4.69) is 4.72 Å². The minimum absolute atomic E-state index is 0.0801. The molecule has 0 aliphatic carbocycles. The number of hydrogen-bond acceptors (Lipinski definition) is 4. The van der Waals surface area contributed by atoms with Gasteiger partial charge in [-0.15, -0.1) is 0 Å². The summed E-state index contributed by atoms with van der Waals surface area (Å²) in [6.45, 7) is 5.49. The summed E-state index contributed by atoms with van der Waals surface area (Å²) in [5.74, 6) is 0.0801. The molecule has 0 heterocycles. The summed E-state index contributed by atoms with van der Waals surface area (Å²) < 4.78 is 32.8. The number of hydrogen-bond donors (Lipinski definition) is 2. The summed E-state index contributed by atoms with van der Waals surface area (Å²) in [5, 5.41) is 9.57. The fourth-order valence-electron chi connectivity index (χ4n) is 1.96. The highest BCUT2D eigenvalue weighted by molar-refractivity contribution is 7.89. The zero-order valence-corrected chi connectivity index (χ0v) is 14.3. The van der Waals surface area contributed by atoms with Gasteiger partial charge in [0.1, 0.15) is 0 Å². The first-order chi connectivity index (χ1) is 9.72. The van der Waals surface area contributed by atoms with E-state index in [0.29, 0.717) is 11.1 Å². The van der Waals surface area contributed by atoms with Gasteiger partial charge in [-0.1, -0.05) is 25.4 Å². The largest absolute Gasteiger partial charge is 0.392 e. The van der Waals surface area contributed by atoms with E-state index < -0.39 is 10.0 Å². The molecule has 0 aromatic heterocycles. The SMILES string of the molecule is COCC(NS(=O)(=O)c1cc(Cl)cc(CO)c1C)C(C)C. The summed E-state index contributed by atoms with van der Waals surface area (Å²) in [6, 6.07) is 2.61. The molecular formula is C14H22ClNO4S. The number of methoxy groups -OCH3 is 1. The number of aliphatic hydroxyl groups is 1. The number of ether oxygens (including phenoxy) is 1. The van der Waals surface area contributed by atoms with Crippen molar-refractivity contribution in [1.29, 1.82) is 0 Å². The Labute approximate surface area is 131 Å². The molecule has 5 nitrogen and oxygen atoms in total. The molecule has 0 bridgehead atoms. The van der Waals surface area contributed by atoms with Crippen molar-refractivity contribution in [3.8, 4) is 0 Å². The van der Waals surface area contributed by atoms with Crippen molar-refractivity contribution >= 4 is 21.6 Å². The molecule has 0 fully saturated rings. The van der Waals surface area contributed by atoms with E-state index in [1.165, 1.54) is 13.2 Å². The smallest absolute Gasteiger partial charge is 0.241 e. The molecule has 0 aliphatic heterocycles. The summed E-state index contributed by atoms with van der Waals surface area (Å²) in [7, 11) is -2.21. The molecule has 1 atom stereocenters. The Morgan fingerprint density at radius 1 is 1.38 bits per heavy atom. The zero-order valence-electron chi connectivity index (χ0n) is 12.7. The maximum atomic E-state index is 12.6. The molecular weight excluding hydrogens is 314 g/mol. The lowest BCUT2D eigenvalue weighted by molar-refractivity contribution is 0.157. The van der Waals surface area contributed by atoms with Crippen LogP contribution in [0.3, 0.4) is 0 Å². The molecule has 1 rings (SSSR count). The molecule has 0 saturated carbocycles. The predicted molar refractivity (Wildman–Crippen MR) is 82.9 cm³/mol. The molecule has 0 saturated heterocycles. The molecule has 7 heteroatoms. The van der Waals surface area contributed by atoms with E-state index in [1.54, 1.807) is 13.0 Å². The third-order valence-electron chi connectivity index (χ3n) is 3.35. The standard InChI is InChI=1S/C14H22ClNO4S/c1-9(2)13(8-20-4)16-21(18,19)14-6-12(15)5-11(7-17)10(14)3/h5-6,9,13,16-17H,7-8H2,1-4H3. The third-order valence-corrected chi connectivity index (χ3v) is 5.18. The van der Waals surface area contributed by atoms with Gasteiger partial charge in [-0.05, 0) is 36.1 Å². The van der Waals surface area contributed by atoms with Crippen molar-refractivity contribution in [2.75, 3.05) is 13.7 Å². The van der Waals surface area contributed by atoms with Gasteiger partial charge >= 0.3 is 0 Å². The average Bonchev–Trinajstić information content (AvgIpc) is 2.40. The third kappa shape index (κ3) is 4.66. The topological polar surface area (TPSA) is 75.6 Å². The van der Waals surface area contributed by atoms with Crippen LogP contribution in [0, 0.1) is 12.8 Å². The van der Waals surface area contributed by atoms with Crippen molar-refractivity contribution in [3.05, 3.63) is 28.3 Å². The summed E-state index contributed by atoms with van der Waals surface area (Å²) in [4.78, 5) is 0.0841. The fraction of sp³-hybridized carbons (Fsp3) is 0.571. The lowest BCUT2D eigenvalue weighted by Gasteiger charge is -2.22. The predicted octanol–water partition coefficient (Wildman–Crippen LogP) is 2.09. The Morgan fingerprint density at radius 3 is 2.48 bits per heavy atom.